The van der Waals surface area contributed by atoms with Crippen molar-refractivity contribution in [2.75, 3.05) is 6.61 Å². The predicted molar refractivity (Wildman–Crippen MR) is 171 cm³/mol. The van der Waals surface area contributed by atoms with Crippen LogP contribution in [0.4, 0.5) is 0 Å². The van der Waals surface area contributed by atoms with Crippen molar-refractivity contribution in [2.45, 2.75) is 55.4 Å². The average molecular weight is 722 g/mol. The fourth-order valence-electron chi connectivity index (χ4n) is 4.98. The molecule has 1 nitrogen and oxygen atoms in total. The van der Waals surface area contributed by atoms with Crippen molar-refractivity contribution < 1.29 is 4.43 Å². The number of benzene rings is 3. The zero-order valence-corrected chi connectivity index (χ0v) is 31.0. The Morgan fingerprint density at radius 3 is 1.49 bits per heavy atom. The molecule has 0 N–H and O–H groups in total. The molecule has 0 bridgehead atoms. The van der Waals surface area contributed by atoms with E-state index in [1.54, 1.807) is 3.59 Å². The van der Waals surface area contributed by atoms with Crippen LogP contribution in [0.1, 0.15) is 26.3 Å². The van der Waals surface area contributed by atoms with Gasteiger partial charge in [0.25, 0.3) is 0 Å². The summed E-state index contributed by atoms with van der Waals surface area (Å²) in [7, 11) is -2.61. The molecule has 0 heterocycles. The van der Waals surface area contributed by atoms with Gasteiger partial charge < -0.3 is 0 Å². The van der Waals surface area contributed by atoms with E-state index in [0.29, 0.717) is 6.61 Å². The van der Waals surface area contributed by atoms with Crippen molar-refractivity contribution in [3.63, 3.8) is 0 Å². The molecule has 3 rings (SSSR count). The molecule has 4 heteroatoms. The topological polar surface area (TPSA) is 9.23 Å². The molecule has 0 saturated heterocycles. The van der Waals surface area contributed by atoms with Gasteiger partial charge in [0.05, 0.1) is 0 Å². The van der Waals surface area contributed by atoms with E-state index in [4.69, 9.17) is 4.43 Å². The van der Waals surface area contributed by atoms with E-state index in [9.17, 15) is 0 Å². The van der Waals surface area contributed by atoms with Gasteiger partial charge in [0.15, 0.2) is 0 Å². The van der Waals surface area contributed by atoms with Crippen molar-refractivity contribution >= 4 is 55.4 Å². The number of rotatable bonds is 7. The van der Waals surface area contributed by atoms with Gasteiger partial charge in [-0.2, -0.15) is 0 Å². The van der Waals surface area contributed by atoms with Crippen LogP contribution in [-0.2, 0) is 4.43 Å². The Bertz CT molecular complexity index is 1210. The van der Waals surface area contributed by atoms with Crippen LogP contribution in [0.25, 0.3) is 0 Å². The summed E-state index contributed by atoms with van der Waals surface area (Å²) in [6, 6.07) is 32.4. The van der Waals surface area contributed by atoms with Gasteiger partial charge in [-0.15, -0.1) is 0 Å². The van der Waals surface area contributed by atoms with Gasteiger partial charge >= 0.3 is 238 Å². The zero-order chi connectivity index (χ0) is 27.3. The van der Waals surface area contributed by atoms with Crippen LogP contribution in [0.5, 0.6) is 0 Å². The van der Waals surface area contributed by atoms with Crippen LogP contribution in [-0.4, -0.2) is 51.7 Å². The van der Waals surface area contributed by atoms with Gasteiger partial charge in [-0.1, -0.05) is 0 Å². The molecule has 3 aromatic carbocycles. The Kier molecular flexibility index (Phi) is 10.0. The Labute approximate surface area is 235 Å². The molecule has 0 saturated carbocycles. The van der Waals surface area contributed by atoms with Gasteiger partial charge in [-0.25, -0.2) is 0 Å². The molecule has 0 aliphatic rings. The summed E-state index contributed by atoms with van der Waals surface area (Å²) in [4.78, 5) is 15.1. The molecule has 194 valence electrons. The van der Waals surface area contributed by atoms with E-state index in [1.807, 2.05) is 0 Å². The first-order valence-corrected chi connectivity index (χ1v) is 35.2. The van der Waals surface area contributed by atoms with E-state index in [-0.39, 0.29) is 5.04 Å². The summed E-state index contributed by atoms with van der Waals surface area (Å²) >= 11 is -5.17. The molecule has 0 atom stereocenters. The third-order valence-electron chi connectivity index (χ3n) is 6.91. The van der Waals surface area contributed by atoms with Gasteiger partial charge in [0.2, 0.25) is 0 Å². The van der Waals surface area contributed by atoms with Crippen LogP contribution in [0.2, 0.25) is 34.7 Å². The third kappa shape index (κ3) is 7.44. The molecule has 0 radical (unpaired) electrons. The number of allylic oxidation sites excluding steroid dienone is 1. The monoisotopic (exact) mass is 724 g/mol. The second-order valence-electron chi connectivity index (χ2n) is 12.9. The van der Waals surface area contributed by atoms with Crippen LogP contribution in [0, 0.1) is 11.8 Å². The minimum atomic E-state index is -2.61. The van der Waals surface area contributed by atoms with Gasteiger partial charge in [-0.05, 0) is 0 Å². The Balaban J connectivity index is 2.23. The van der Waals surface area contributed by atoms with Crippen molar-refractivity contribution in [1.29, 1.82) is 0 Å². The summed E-state index contributed by atoms with van der Waals surface area (Å²) in [5.41, 5.74) is 1.09. The molecule has 0 aliphatic carbocycles. The van der Waals surface area contributed by atoms with Crippen molar-refractivity contribution in [2.24, 2.45) is 0 Å². The van der Waals surface area contributed by atoms with E-state index in [2.05, 4.69) is 153 Å². The molecule has 0 fully saturated rings. The van der Waals surface area contributed by atoms with E-state index in [0.717, 1.165) is 5.56 Å². The van der Waals surface area contributed by atoms with Crippen LogP contribution >= 0.6 is 0 Å². The predicted octanol–water partition coefficient (Wildman–Crippen LogP) is 7.67. The maximum absolute atomic E-state index is 7.48. The van der Waals surface area contributed by atoms with E-state index < -0.39 is 45.1 Å². The summed E-state index contributed by atoms with van der Waals surface area (Å²) in [6.07, 6.45) is 0. The zero-order valence-electron chi connectivity index (χ0n) is 24.3. The van der Waals surface area contributed by atoms with Crippen molar-refractivity contribution in [3.05, 3.63) is 104 Å². The minimum absolute atomic E-state index is 0.0326. The molecule has 0 spiro atoms. The van der Waals surface area contributed by atoms with Crippen LogP contribution < -0.4 is 10.4 Å². The van der Waals surface area contributed by atoms with E-state index in [1.165, 1.54) is 14.0 Å². The Hall–Kier alpha value is -1.27. The van der Waals surface area contributed by atoms with Gasteiger partial charge in [-0.3, -0.25) is 0 Å². The molecular formula is C33H44OSiSn2. The second-order valence-corrected chi connectivity index (χ2v) is 46.1. The van der Waals surface area contributed by atoms with Crippen LogP contribution in [0.15, 0.2) is 98.2 Å². The summed E-state index contributed by atoms with van der Waals surface area (Å²) in [6.45, 7) is 7.78. The van der Waals surface area contributed by atoms with Crippen LogP contribution in [0.3, 0.4) is 0 Å². The second kappa shape index (κ2) is 12.3. The Morgan fingerprint density at radius 1 is 0.676 bits per heavy atom. The summed E-state index contributed by atoms with van der Waals surface area (Å²) < 4.78 is 10.5. The first-order chi connectivity index (χ1) is 17.3. The van der Waals surface area contributed by atoms with Crippen molar-refractivity contribution in [3.8, 4) is 11.8 Å². The maximum atomic E-state index is 7.48. The molecule has 0 unspecified atom stereocenters. The van der Waals surface area contributed by atoms with Crippen molar-refractivity contribution in [1.82, 2.24) is 0 Å². The summed E-state index contributed by atoms with van der Waals surface area (Å²) in [5, 5.41) is 2.65. The fourth-order valence-corrected chi connectivity index (χ4v) is 32.1. The summed E-state index contributed by atoms with van der Waals surface area (Å²) in [5.74, 6) is 7.28. The molecule has 0 aromatic heterocycles. The molecular weight excluding hydrogens is 678 g/mol. The molecule has 3 aromatic rings. The Morgan fingerprint density at radius 2 is 1.11 bits per heavy atom. The van der Waals surface area contributed by atoms with E-state index >= 15 is 0 Å². The standard InChI is InChI=1S/C27H26OSi.6CH3.2Sn/c1-27(2,3)29(25-19-11-5-12-20-25,26-21-13-6-14-22-26)28-23-15-7-10-18-24-16-8-4-9-17-24;;;;;;;;/h4-6,8-9,11-14,16-17,19-22H,23H2,1-3H3;6*1H3;;. The SMILES string of the molecule is CC(C)(C)[Si](OC/[C](=[C](/C#Cc1ccccc1)[Sn]([CH3])([CH3])[CH3])[Sn]([CH3])([CH3])[CH3])(c1ccccc1)c1ccccc1. The van der Waals surface area contributed by atoms with Gasteiger partial charge in [0.1, 0.15) is 0 Å². The first-order valence-electron chi connectivity index (χ1n) is 13.3. The molecule has 0 amide bonds. The quantitative estimate of drug-likeness (QED) is 0.180. The normalized spacial score (nSPS) is 13.4. The first kappa shape index (κ1) is 30.3. The number of hydrogen-bond donors (Lipinski definition) is 0. The molecule has 37 heavy (non-hydrogen) atoms. The van der Waals surface area contributed by atoms with Gasteiger partial charge in [0, 0.05) is 0 Å². The average Bonchev–Trinajstić information content (AvgIpc) is 2.83. The number of hydrogen-bond acceptors (Lipinski definition) is 1. The fraction of sp³-hybridized carbons (Fsp3) is 0.333. The molecule has 0 aliphatic heterocycles. The third-order valence-corrected chi connectivity index (χ3v) is 25.7.